The standard InChI is InChI=1S/C18H26N2O/c1-13-12-15(9-10-16(13)19-2)18(21)20-11-5-7-14-6-3-4-8-17(14)20/h9-10,12,14,17,19H,3-8,11H2,1-2H3. The molecule has 0 bridgehead atoms. The van der Waals surface area contributed by atoms with Gasteiger partial charge < -0.3 is 10.2 Å². The molecule has 2 fully saturated rings. The summed E-state index contributed by atoms with van der Waals surface area (Å²) in [6.07, 6.45) is 7.62. The van der Waals surface area contributed by atoms with Crippen molar-refractivity contribution in [2.45, 2.75) is 51.5 Å². The van der Waals surface area contributed by atoms with E-state index in [1.54, 1.807) is 0 Å². The number of likely N-dealkylation sites (tertiary alicyclic amines) is 1. The molecule has 3 heteroatoms. The van der Waals surface area contributed by atoms with Crippen LogP contribution < -0.4 is 5.32 Å². The van der Waals surface area contributed by atoms with E-state index in [1.807, 2.05) is 25.2 Å². The van der Waals surface area contributed by atoms with Gasteiger partial charge in [0.1, 0.15) is 0 Å². The highest BCUT2D eigenvalue weighted by molar-refractivity contribution is 5.95. The molecule has 0 aromatic heterocycles. The number of anilines is 1. The summed E-state index contributed by atoms with van der Waals surface area (Å²) < 4.78 is 0. The van der Waals surface area contributed by atoms with Crippen molar-refractivity contribution in [1.82, 2.24) is 4.90 Å². The molecule has 1 N–H and O–H groups in total. The van der Waals surface area contributed by atoms with Crippen LogP contribution in [0.4, 0.5) is 5.69 Å². The van der Waals surface area contributed by atoms with Gasteiger partial charge in [-0.3, -0.25) is 4.79 Å². The number of amides is 1. The second kappa shape index (κ2) is 6.08. The molecule has 114 valence electrons. The molecular weight excluding hydrogens is 260 g/mol. The van der Waals surface area contributed by atoms with E-state index in [0.29, 0.717) is 6.04 Å². The van der Waals surface area contributed by atoms with E-state index in [0.717, 1.165) is 29.3 Å². The molecule has 0 radical (unpaired) electrons. The largest absolute Gasteiger partial charge is 0.388 e. The number of rotatable bonds is 2. The molecule has 2 aliphatic rings. The van der Waals surface area contributed by atoms with Gasteiger partial charge in [0.25, 0.3) is 5.91 Å². The fourth-order valence-corrected chi connectivity index (χ4v) is 4.12. The van der Waals surface area contributed by atoms with E-state index < -0.39 is 0 Å². The average molecular weight is 286 g/mol. The normalized spacial score (nSPS) is 25.3. The Bertz CT molecular complexity index is 524. The number of nitrogens with one attached hydrogen (secondary N) is 1. The fraction of sp³-hybridized carbons (Fsp3) is 0.611. The van der Waals surface area contributed by atoms with Crippen molar-refractivity contribution in [1.29, 1.82) is 0 Å². The number of benzene rings is 1. The van der Waals surface area contributed by atoms with Crippen LogP contribution in [0.3, 0.4) is 0 Å². The van der Waals surface area contributed by atoms with Gasteiger partial charge in [0, 0.05) is 30.9 Å². The molecule has 1 aliphatic heterocycles. The summed E-state index contributed by atoms with van der Waals surface area (Å²) in [6, 6.07) is 6.50. The lowest BCUT2D eigenvalue weighted by molar-refractivity contribution is 0.0390. The van der Waals surface area contributed by atoms with Gasteiger partial charge in [-0.15, -0.1) is 0 Å². The van der Waals surface area contributed by atoms with E-state index in [2.05, 4.69) is 17.1 Å². The number of piperidine rings is 1. The van der Waals surface area contributed by atoms with E-state index >= 15 is 0 Å². The van der Waals surface area contributed by atoms with Gasteiger partial charge in [0.15, 0.2) is 0 Å². The lowest BCUT2D eigenvalue weighted by Gasteiger charge is -2.44. The van der Waals surface area contributed by atoms with Gasteiger partial charge in [-0.05, 0) is 62.3 Å². The van der Waals surface area contributed by atoms with Gasteiger partial charge in [-0.2, -0.15) is 0 Å². The highest BCUT2D eigenvalue weighted by Gasteiger charge is 2.35. The van der Waals surface area contributed by atoms with Crippen molar-refractivity contribution in [2.24, 2.45) is 5.92 Å². The van der Waals surface area contributed by atoms with Gasteiger partial charge in [-0.1, -0.05) is 12.8 Å². The summed E-state index contributed by atoms with van der Waals surface area (Å²) in [5.74, 6) is 0.978. The highest BCUT2D eigenvalue weighted by Crippen LogP contribution is 2.36. The average Bonchev–Trinajstić information content (AvgIpc) is 2.53. The molecule has 1 aliphatic carbocycles. The van der Waals surface area contributed by atoms with Crippen molar-refractivity contribution in [3.63, 3.8) is 0 Å². The predicted octanol–water partition coefficient (Wildman–Crippen LogP) is 3.83. The molecule has 1 aromatic carbocycles. The summed E-state index contributed by atoms with van der Waals surface area (Å²) in [4.78, 5) is 15.1. The van der Waals surface area contributed by atoms with E-state index in [4.69, 9.17) is 0 Å². The Morgan fingerprint density at radius 2 is 1.95 bits per heavy atom. The van der Waals surface area contributed by atoms with Crippen LogP contribution in [0.1, 0.15) is 54.4 Å². The summed E-state index contributed by atoms with van der Waals surface area (Å²) in [5.41, 5.74) is 3.08. The minimum absolute atomic E-state index is 0.234. The topological polar surface area (TPSA) is 32.3 Å². The van der Waals surface area contributed by atoms with Gasteiger partial charge in [-0.25, -0.2) is 0 Å². The third kappa shape index (κ3) is 2.78. The summed E-state index contributed by atoms with van der Waals surface area (Å²) in [5, 5.41) is 3.16. The minimum atomic E-state index is 0.234. The smallest absolute Gasteiger partial charge is 0.254 e. The Kier molecular flexibility index (Phi) is 4.18. The van der Waals surface area contributed by atoms with Gasteiger partial charge in [0.05, 0.1) is 0 Å². The van der Waals surface area contributed by atoms with E-state index in [-0.39, 0.29) is 5.91 Å². The molecule has 1 aromatic rings. The fourth-order valence-electron chi connectivity index (χ4n) is 4.12. The Hall–Kier alpha value is -1.51. The van der Waals surface area contributed by atoms with Crippen LogP contribution in [0.5, 0.6) is 0 Å². The SMILES string of the molecule is CNc1ccc(C(=O)N2CCCC3CCCCC32)cc1C. The molecule has 2 unspecified atom stereocenters. The quantitative estimate of drug-likeness (QED) is 0.896. The molecule has 0 spiro atoms. The maximum atomic E-state index is 12.9. The van der Waals surface area contributed by atoms with Crippen molar-refractivity contribution < 1.29 is 4.79 Å². The monoisotopic (exact) mass is 286 g/mol. The predicted molar refractivity (Wildman–Crippen MR) is 86.7 cm³/mol. The van der Waals surface area contributed by atoms with Crippen LogP contribution in [0, 0.1) is 12.8 Å². The Labute approximate surface area is 127 Å². The lowest BCUT2D eigenvalue weighted by atomic mass is 9.78. The number of hydrogen-bond acceptors (Lipinski definition) is 2. The zero-order chi connectivity index (χ0) is 14.8. The van der Waals surface area contributed by atoms with Crippen molar-refractivity contribution >= 4 is 11.6 Å². The minimum Gasteiger partial charge on any atom is -0.388 e. The second-order valence-corrected chi connectivity index (χ2v) is 6.53. The highest BCUT2D eigenvalue weighted by atomic mass is 16.2. The van der Waals surface area contributed by atoms with E-state index in [1.165, 1.54) is 38.5 Å². The molecule has 1 saturated heterocycles. The van der Waals surface area contributed by atoms with Gasteiger partial charge >= 0.3 is 0 Å². The first kappa shape index (κ1) is 14.4. The number of nitrogens with zero attached hydrogens (tertiary/aromatic N) is 1. The number of fused-ring (bicyclic) bond motifs is 1. The number of hydrogen-bond donors (Lipinski definition) is 1. The molecular formula is C18H26N2O. The first-order chi connectivity index (χ1) is 10.2. The third-order valence-corrected chi connectivity index (χ3v) is 5.25. The van der Waals surface area contributed by atoms with Crippen LogP contribution in [-0.2, 0) is 0 Å². The van der Waals surface area contributed by atoms with E-state index in [9.17, 15) is 4.79 Å². The van der Waals surface area contributed by atoms with Crippen LogP contribution in [0.15, 0.2) is 18.2 Å². The van der Waals surface area contributed by atoms with Crippen molar-refractivity contribution in [3.05, 3.63) is 29.3 Å². The third-order valence-electron chi connectivity index (χ3n) is 5.25. The summed E-state index contributed by atoms with van der Waals surface area (Å²) in [7, 11) is 1.92. The Balaban J connectivity index is 1.81. The molecule has 1 saturated carbocycles. The number of carbonyl (C=O) groups excluding carboxylic acids is 1. The van der Waals surface area contributed by atoms with Crippen LogP contribution in [0.25, 0.3) is 0 Å². The Morgan fingerprint density at radius 3 is 2.71 bits per heavy atom. The molecule has 21 heavy (non-hydrogen) atoms. The van der Waals surface area contributed by atoms with Gasteiger partial charge in [0.2, 0.25) is 0 Å². The van der Waals surface area contributed by atoms with Crippen LogP contribution in [0.2, 0.25) is 0 Å². The maximum Gasteiger partial charge on any atom is 0.254 e. The van der Waals surface area contributed by atoms with Crippen molar-refractivity contribution in [3.8, 4) is 0 Å². The molecule has 1 amide bonds. The maximum absolute atomic E-state index is 12.9. The number of carbonyl (C=O) groups is 1. The summed E-state index contributed by atoms with van der Waals surface area (Å²) in [6.45, 7) is 3.00. The zero-order valence-electron chi connectivity index (χ0n) is 13.2. The number of aryl methyl sites for hydroxylation is 1. The molecule has 1 heterocycles. The molecule has 3 nitrogen and oxygen atoms in total. The van der Waals surface area contributed by atoms with Crippen molar-refractivity contribution in [2.75, 3.05) is 18.9 Å². The van der Waals surface area contributed by atoms with Crippen LogP contribution in [-0.4, -0.2) is 30.4 Å². The summed E-state index contributed by atoms with van der Waals surface area (Å²) >= 11 is 0. The molecule has 3 rings (SSSR count). The lowest BCUT2D eigenvalue weighted by Crippen LogP contribution is -2.49. The first-order valence-electron chi connectivity index (χ1n) is 8.30. The first-order valence-corrected chi connectivity index (χ1v) is 8.30. The second-order valence-electron chi connectivity index (χ2n) is 6.53. The van der Waals surface area contributed by atoms with Crippen LogP contribution >= 0.6 is 0 Å². The Morgan fingerprint density at radius 1 is 1.19 bits per heavy atom. The molecule has 2 atom stereocenters. The zero-order valence-corrected chi connectivity index (χ0v) is 13.2.